The van der Waals surface area contributed by atoms with E-state index in [9.17, 15) is 0 Å². The topological polar surface area (TPSA) is 43.8 Å². The number of anilines is 1. The lowest BCUT2D eigenvalue weighted by Crippen LogP contribution is -2.03. The Hall–Kier alpha value is -1.77. The summed E-state index contributed by atoms with van der Waals surface area (Å²) in [5.74, 6) is 1.20. The summed E-state index contributed by atoms with van der Waals surface area (Å²) in [5.41, 5.74) is 9.79. The van der Waals surface area contributed by atoms with Gasteiger partial charge in [-0.25, -0.2) is 4.68 Å². The Kier molecular flexibility index (Phi) is 5.43. The minimum atomic E-state index is 0.406. The number of nitrogens with two attached hydrogens (primary N) is 1. The average molecular weight is 285 g/mol. The van der Waals surface area contributed by atoms with Crippen molar-refractivity contribution in [1.82, 2.24) is 9.78 Å². The highest BCUT2D eigenvalue weighted by molar-refractivity contribution is 5.51. The van der Waals surface area contributed by atoms with Gasteiger partial charge in [-0.3, -0.25) is 0 Å². The number of rotatable bonds is 7. The smallest absolute Gasteiger partial charge is 0.130 e. The number of nitrogen functional groups attached to an aromatic ring is 1. The first-order valence-electron chi connectivity index (χ1n) is 8.07. The van der Waals surface area contributed by atoms with Crippen molar-refractivity contribution in [1.29, 1.82) is 0 Å². The van der Waals surface area contributed by atoms with E-state index in [1.165, 1.54) is 36.9 Å². The highest BCUT2D eigenvalue weighted by Gasteiger charge is 2.18. The van der Waals surface area contributed by atoms with E-state index in [0.29, 0.717) is 5.92 Å². The molecule has 3 heteroatoms. The molecule has 0 amide bonds. The molecule has 0 bridgehead atoms. The Labute approximate surface area is 128 Å². The van der Waals surface area contributed by atoms with Gasteiger partial charge in [0.15, 0.2) is 0 Å². The van der Waals surface area contributed by atoms with Crippen LogP contribution in [0.25, 0.3) is 5.69 Å². The second-order valence-electron chi connectivity index (χ2n) is 5.96. The SMILES string of the molecule is CCCCCCc1nn(-c2ccccc2)c(N)c1C(C)C. The highest BCUT2D eigenvalue weighted by atomic mass is 15.3. The van der Waals surface area contributed by atoms with Gasteiger partial charge in [0.2, 0.25) is 0 Å². The zero-order valence-corrected chi connectivity index (χ0v) is 13.5. The maximum atomic E-state index is 6.37. The molecule has 1 aromatic carbocycles. The third-order valence-corrected chi connectivity index (χ3v) is 3.88. The van der Waals surface area contributed by atoms with E-state index in [1.807, 2.05) is 35.0 Å². The van der Waals surface area contributed by atoms with Gasteiger partial charge in [-0.2, -0.15) is 5.10 Å². The lowest BCUT2D eigenvalue weighted by atomic mass is 9.99. The Morgan fingerprint density at radius 2 is 1.81 bits per heavy atom. The van der Waals surface area contributed by atoms with Crippen LogP contribution in [0, 0.1) is 0 Å². The van der Waals surface area contributed by atoms with E-state index in [1.54, 1.807) is 0 Å². The fraction of sp³-hybridized carbons (Fsp3) is 0.500. The molecule has 21 heavy (non-hydrogen) atoms. The van der Waals surface area contributed by atoms with Crippen molar-refractivity contribution in [2.75, 3.05) is 5.73 Å². The molecule has 0 aliphatic heterocycles. The molecule has 2 aromatic rings. The molecule has 1 aromatic heterocycles. The van der Waals surface area contributed by atoms with Crippen molar-refractivity contribution in [3.8, 4) is 5.69 Å². The van der Waals surface area contributed by atoms with E-state index >= 15 is 0 Å². The van der Waals surface area contributed by atoms with Crippen LogP contribution in [0.5, 0.6) is 0 Å². The molecule has 0 aliphatic rings. The largest absolute Gasteiger partial charge is 0.383 e. The lowest BCUT2D eigenvalue weighted by Gasteiger charge is -2.07. The van der Waals surface area contributed by atoms with Crippen molar-refractivity contribution in [3.05, 3.63) is 41.6 Å². The number of para-hydroxylation sites is 1. The lowest BCUT2D eigenvalue weighted by molar-refractivity contribution is 0.652. The van der Waals surface area contributed by atoms with Gasteiger partial charge in [0.25, 0.3) is 0 Å². The molecule has 0 spiro atoms. The summed E-state index contributed by atoms with van der Waals surface area (Å²) in [5, 5.41) is 4.79. The Morgan fingerprint density at radius 1 is 1.10 bits per heavy atom. The average Bonchev–Trinajstić information content (AvgIpc) is 2.81. The predicted octanol–water partition coefficient (Wildman–Crippen LogP) is 4.70. The number of aromatic nitrogens is 2. The van der Waals surface area contributed by atoms with Gasteiger partial charge in [0.1, 0.15) is 5.82 Å². The number of unbranched alkanes of at least 4 members (excludes halogenated alkanes) is 3. The van der Waals surface area contributed by atoms with Crippen LogP contribution in [0.4, 0.5) is 5.82 Å². The summed E-state index contributed by atoms with van der Waals surface area (Å²) < 4.78 is 1.89. The number of benzene rings is 1. The quantitative estimate of drug-likeness (QED) is 0.749. The Balaban J connectivity index is 2.28. The van der Waals surface area contributed by atoms with Crippen LogP contribution in [0.15, 0.2) is 30.3 Å². The molecular weight excluding hydrogens is 258 g/mol. The zero-order valence-electron chi connectivity index (χ0n) is 13.5. The molecule has 0 unspecified atom stereocenters. The maximum absolute atomic E-state index is 6.37. The second kappa shape index (κ2) is 7.30. The maximum Gasteiger partial charge on any atom is 0.130 e. The first-order chi connectivity index (χ1) is 10.1. The van der Waals surface area contributed by atoms with Crippen LogP contribution in [0.1, 0.15) is 63.6 Å². The van der Waals surface area contributed by atoms with Crippen molar-refractivity contribution in [2.24, 2.45) is 0 Å². The van der Waals surface area contributed by atoms with Crippen molar-refractivity contribution < 1.29 is 0 Å². The molecule has 2 rings (SSSR count). The standard InChI is InChI=1S/C18H27N3/c1-4-5-6-10-13-16-17(14(2)3)18(19)21(20-16)15-11-8-7-9-12-15/h7-9,11-12,14H,4-6,10,13,19H2,1-3H3. The van der Waals surface area contributed by atoms with Crippen LogP contribution in [0.3, 0.4) is 0 Å². The van der Waals surface area contributed by atoms with E-state index in [2.05, 4.69) is 20.8 Å². The van der Waals surface area contributed by atoms with E-state index < -0.39 is 0 Å². The summed E-state index contributed by atoms with van der Waals surface area (Å²) in [7, 11) is 0. The molecule has 0 aliphatic carbocycles. The molecular formula is C18H27N3. The van der Waals surface area contributed by atoms with Crippen molar-refractivity contribution in [3.63, 3.8) is 0 Å². The zero-order chi connectivity index (χ0) is 15.2. The molecule has 0 saturated carbocycles. The predicted molar refractivity (Wildman–Crippen MR) is 89.9 cm³/mol. The summed E-state index contributed by atoms with van der Waals surface area (Å²) in [6.45, 7) is 6.62. The third kappa shape index (κ3) is 3.66. The summed E-state index contributed by atoms with van der Waals surface area (Å²) in [4.78, 5) is 0. The van der Waals surface area contributed by atoms with Gasteiger partial charge in [-0.1, -0.05) is 58.2 Å². The molecule has 0 fully saturated rings. The molecule has 0 atom stereocenters. The van der Waals surface area contributed by atoms with Crippen LogP contribution >= 0.6 is 0 Å². The first-order valence-corrected chi connectivity index (χ1v) is 8.07. The Morgan fingerprint density at radius 3 is 2.43 bits per heavy atom. The number of nitrogens with zero attached hydrogens (tertiary/aromatic N) is 2. The normalized spacial score (nSPS) is 11.2. The molecule has 2 N–H and O–H groups in total. The van der Waals surface area contributed by atoms with Gasteiger partial charge in [-0.15, -0.1) is 0 Å². The highest BCUT2D eigenvalue weighted by Crippen LogP contribution is 2.29. The third-order valence-electron chi connectivity index (χ3n) is 3.88. The molecule has 0 saturated heterocycles. The minimum Gasteiger partial charge on any atom is -0.383 e. The minimum absolute atomic E-state index is 0.406. The van der Waals surface area contributed by atoms with Gasteiger partial charge in [-0.05, 0) is 30.9 Å². The fourth-order valence-corrected chi connectivity index (χ4v) is 2.79. The fourth-order valence-electron chi connectivity index (χ4n) is 2.79. The van der Waals surface area contributed by atoms with E-state index in [-0.39, 0.29) is 0 Å². The van der Waals surface area contributed by atoms with Gasteiger partial charge < -0.3 is 5.73 Å². The van der Waals surface area contributed by atoms with Crippen molar-refractivity contribution in [2.45, 2.75) is 58.8 Å². The van der Waals surface area contributed by atoms with Gasteiger partial charge in [0.05, 0.1) is 11.4 Å². The number of hydrogen-bond donors (Lipinski definition) is 1. The number of hydrogen-bond acceptors (Lipinski definition) is 2. The van der Waals surface area contributed by atoms with Crippen LogP contribution in [0.2, 0.25) is 0 Å². The van der Waals surface area contributed by atoms with E-state index in [4.69, 9.17) is 10.8 Å². The first kappa shape index (κ1) is 15.6. The van der Waals surface area contributed by atoms with Crippen LogP contribution < -0.4 is 5.73 Å². The monoisotopic (exact) mass is 285 g/mol. The number of aryl methyl sites for hydroxylation is 1. The van der Waals surface area contributed by atoms with E-state index in [0.717, 1.165) is 17.9 Å². The second-order valence-corrected chi connectivity index (χ2v) is 5.96. The van der Waals surface area contributed by atoms with Crippen LogP contribution in [-0.2, 0) is 6.42 Å². The molecule has 114 valence electrons. The van der Waals surface area contributed by atoms with Crippen molar-refractivity contribution >= 4 is 5.82 Å². The van der Waals surface area contributed by atoms with Crippen LogP contribution in [-0.4, -0.2) is 9.78 Å². The molecule has 3 nitrogen and oxygen atoms in total. The summed E-state index contributed by atoms with van der Waals surface area (Å²) in [6.07, 6.45) is 6.05. The van der Waals surface area contributed by atoms with Gasteiger partial charge >= 0.3 is 0 Å². The summed E-state index contributed by atoms with van der Waals surface area (Å²) in [6, 6.07) is 10.2. The van der Waals surface area contributed by atoms with Gasteiger partial charge in [0, 0.05) is 5.56 Å². The molecule has 0 radical (unpaired) electrons. The molecule has 1 heterocycles. The Bertz CT molecular complexity index is 555. The summed E-state index contributed by atoms with van der Waals surface area (Å²) >= 11 is 0.